The molecular weight excluding hydrogens is 202 g/mol. The minimum atomic E-state index is -0.314. The molecule has 0 bridgehead atoms. The van der Waals surface area contributed by atoms with Crippen LogP contribution in [0.25, 0.3) is 0 Å². The van der Waals surface area contributed by atoms with Gasteiger partial charge in [-0.15, -0.1) is 0 Å². The van der Waals surface area contributed by atoms with Gasteiger partial charge >= 0.3 is 0 Å². The molecule has 1 saturated carbocycles. The summed E-state index contributed by atoms with van der Waals surface area (Å²) in [5.41, 5.74) is 1.90. The summed E-state index contributed by atoms with van der Waals surface area (Å²) in [6.07, 6.45) is 3.56. The van der Waals surface area contributed by atoms with Crippen molar-refractivity contribution in [1.29, 1.82) is 0 Å². The van der Waals surface area contributed by atoms with Crippen LogP contribution in [0.2, 0.25) is 0 Å². The number of aliphatic imine (C=N–C) groups is 1. The molecule has 0 heterocycles. The summed E-state index contributed by atoms with van der Waals surface area (Å²) in [6, 6.07) is 8.01. The molecule has 1 fully saturated rings. The highest BCUT2D eigenvalue weighted by Gasteiger charge is 2.46. The van der Waals surface area contributed by atoms with E-state index in [-0.39, 0.29) is 11.6 Å². The Bertz CT molecular complexity index is 431. The Morgan fingerprint density at radius 2 is 2.12 bits per heavy atom. The van der Waals surface area contributed by atoms with Gasteiger partial charge in [0, 0.05) is 7.11 Å². The molecule has 0 N–H and O–H groups in total. The van der Waals surface area contributed by atoms with Crippen LogP contribution in [0.15, 0.2) is 29.3 Å². The minimum absolute atomic E-state index is 0.0236. The van der Waals surface area contributed by atoms with E-state index in [9.17, 15) is 4.79 Å². The molecule has 3 nitrogen and oxygen atoms in total. The quantitative estimate of drug-likeness (QED) is 0.574. The van der Waals surface area contributed by atoms with Gasteiger partial charge in [0.15, 0.2) is 0 Å². The topological polar surface area (TPSA) is 38.7 Å². The molecule has 1 aromatic carbocycles. The van der Waals surface area contributed by atoms with Crippen molar-refractivity contribution >= 4 is 6.08 Å². The number of isocyanates is 1. The minimum Gasteiger partial charge on any atom is -0.377 e. The third kappa shape index (κ3) is 1.80. The normalized spacial score (nSPS) is 18.6. The van der Waals surface area contributed by atoms with E-state index in [1.807, 2.05) is 31.2 Å². The fourth-order valence-corrected chi connectivity index (χ4v) is 2.05. The van der Waals surface area contributed by atoms with Crippen molar-refractivity contribution in [3.05, 3.63) is 35.4 Å². The average Bonchev–Trinajstić information content (AvgIpc) is 3.09. The first-order valence-electron chi connectivity index (χ1n) is 5.45. The van der Waals surface area contributed by atoms with Gasteiger partial charge in [-0.1, -0.05) is 24.3 Å². The largest absolute Gasteiger partial charge is 0.377 e. The fraction of sp³-hybridized carbons (Fsp3) is 0.462. The van der Waals surface area contributed by atoms with Crippen molar-refractivity contribution in [2.45, 2.75) is 31.4 Å². The summed E-state index contributed by atoms with van der Waals surface area (Å²) in [6.45, 7) is 2.00. The first-order valence-corrected chi connectivity index (χ1v) is 5.45. The Hall–Kier alpha value is -1.44. The van der Waals surface area contributed by atoms with E-state index in [0.717, 1.165) is 24.0 Å². The number of hydrogen-bond acceptors (Lipinski definition) is 3. The second kappa shape index (κ2) is 4.20. The van der Waals surface area contributed by atoms with Crippen LogP contribution in [0.5, 0.6) is 0 Å². The zero-order chi connectivity index (χ0) is 11.6. The SMILES string of the molecule is COC(C)c1ccccc1C1(N=C=O)CC1. The summed E-state index contributed by atoms with van der Waals surface area (Å²) in [5, 5.41) is 0. The Kier molecular flexibility index (Phi) is 2.90. The van der Waals surface area contributed by atoms with Crippen molar-refractivity contribution < 1.29 is 9.53 Å². The van der Waals surface area contributed by atoms with Gasteiger partial charge in [-0.3, -0.25) is 0 Å². The van der Waals surface area contributed by atoms with E-state index in [1.165, 1.54) is 0 Å². The summed E-state index contributed by atoms with van der Waals surface area (Å²) in [5.74, 6) is 0. The number of nitrogens with zero attached hydrogens (tertiary/aromatic N) is 1. The molecule has 1 unspecified atom stereocenters. The van der Waals surface area contributed by atoms with E-state index in [0.29, 0.717) is 0 Å². The maximum atomic E-state index is 10.5. The molecule has 0 aliphatic heterocycles. The van der Waals surface area contributed by atoms with Crippen molar-refractivity contribution in [2.24, 2.45) is 4.99 Å². The van der Waals surface area contributed by atoms with Gasteiger partial charge < -0.3 is 4.74 Å². The standard InChI is InChI=1S/C13H15NO2/c1-10(16-2)11-5-3-4-6-12(11)13(7-8-13)14-9-15/h3-6,10H,7-8H2,1-2H3. The van der Waals surface area contributed by atoms with Crippen LogP contribution in [-0.2, 0) is 15.1 Å². The maximum absolute atomic E-state index is 10.5. The molecule has 0 spiro atoms. The van der Waals surface area contributed by atoms with Gasteiger partial charge in [-0.25, -0.2) is 4.79 Å². The lowest BCUT2D eigenvalue weighted by molar-refractivity contribution is 0.118. The summed E-state index contributed by atoms with van der Waals surface area (Å²) >= 11 is 0. The Morgan fingerprint density at radius 1 is 1.44 bits per heavy atom. The molecule has 2 rings (SSSR count). The molecule has 3 heteroatoms. The van der Waals surface area contributed by atoms with E-state index in [4.69, 9.17) is 4.74 Å². The highest BCUT2D eigenvalue weighted by atomic mass is 16.5. The first-order chi connectivity index (χ1) is 7.73. The van der Waals surface area contributed by atoms with Gasteiger partial charge in [0.25, 0.3) is 0 Å². The lowest BCUT2D eigenvalue weighted by Gasteiger charge is -2.18. The van der Waals surface area contributed by atoms with Crippen LogP contribution in [0.1, 0.15) is 37.0 Å². The molecule has 16 heavy (non-hydrogen) atoms. The van der Waals surface area contributed by atoms with E-state index in [2.05, 4.69) is 4.99 Å². The second-order valence-corrected chi connectivity index (χ2v) is 4.20. The summed E-state index contributed by atoms with van der Waals surface area (Å²) in [4.78, 5) is 14.4. The van der Waals surface area contributed by atoms with Crippen LogP contribution in [-0.4, -0.2) is 13.2 Å². The van der Waals surface area contributed by atoms with Crippen LogP contribution in [0, 0.1) is 0 Å². The number of hydrogen-bond donors (Lipinski definition) is 0. The summed E-state index contributed by atoms with van der Waals surface area (Å²) in [7, 11) is 1.68. The van der Waals surface area contributed by atoms with E-state index in [1.54, 1.807) is 13.2 Å². The molecule has 1 aliphatic carbocycles. The zero-order valence-corrected chi connectivity index (χ0v) is 9.56. The monoisotopic (exact) mass is 217 g/mol. The molecule has 0 saturated heterocycles. The highest BCUT2D eigenvalue weighted by molar-refractivity contribution is 5.44. The third-order valence-corrected chi connectivity index (χ3v) is 3.24. The average molecular weight is 217 g/mol. The van der Waals surface area contributed by atoms with Crippen molar-refractivity contribution in [1.82, 2.24) is 0 Å². The van der Waals surface area contributed by atoms with Gasteiger partial charge in [-0.2, -0.15) is 4.99 Å². The fourth-order valence-electron chi connectivity index (χ4n) is 2.05. The van der Waals surface area contributed by atoms with Crippen LogP contribution < -0.4 is 0 Å². The second-order valence-electron chi connectivity index (χ2n) is 4.20. The Morgan fingerprint density at radius 3 is 2.69 bits per heavy atom. The molecule has 1 aliphatic rings. The number of carbonyl (C=O) groups excluding carboxylic acids is 1. The molecule has 0 radical (unpaired) electrons. The molecule has 1 aromatic rings. The molecular formula is C13H15NO2. The Labute approximate surface area is 95.2 Å². The van der Waals surface area contributed by atoms with Gasteiger partial charge in [0.05, 0.1) is 11.6 Å². The van der Waals surface area contributed by atoms with Crippen molar-refractivity contribution in [3.8, 4) is 0 Å². The lowest BCUT2D eigenvalue weighted by atomic mass is 9.96. The zero-order valence-electron chi connectivity index (χ0n) is 9.56. The van der Waals surface area contributed by atoms with Crippen LogP contribution >= 0.6 is 0 Å². The van der Waals surface area contributed by atoms with Crippen molar-refractivity contribution in [2.75, 3.05) is 7.11 Å². The van der Waals surface area contributed by atoms with Crippen LogP contribution in [0.4, 0.5) is 0 Å². The Balaban J connectivity index is 2.44. The molecule has 0 amide bonds. The van der Waals surface area contributed by atoms with E-state index >= 15 is 0 Å². The van der Waals surface area contributed by atoms with Gasteiger partial charge in [-0.05, 0) is 30.9 Å². The highest BCUT2D eigenvalue weighted by Crippen LogP contribution is 2.51. The van der Waals surface area contributed by atoms with E-state index < -0.39 is 0 Å². The number of benzene rings is 1. The maximum Gasteiger partial charge on any atom is 0.235 e. The van der Waals surface area contributed by atoms with Gasteiger partial charge in [0.2, 0.25) is 6.08 Å². The molecule has 0 aromatic heterocycles. The molecule has 1 atom stereocenters. The number of ether oxygens (including phenoxy) is 1. The first kappa shape index (κ1) is 11.1. The predicted octanol–water partition coefficient (Wildman–Crippen LogP) is 2.72. The van der Waals surface area contributed by atoms with Gasteiger partial charge in [0.1, 0.15) is 0 Å². The van der Waals surface area contributed by atoms with Crippen LogP contribution in [0.3, 0.4) is 0 Å². The third-order valence-electron chi connectivity index (χ3n) is 3.24. The van der Waals surface area contributed by atoms with Crippen molar-refractivity contribution in [3.63, 3.8) is 0 Å². The smallest absolute Gasteiger partial charge is 0.235 e. The summed E-state index contributed by atoms with van der Waals surface area (Å²) < 4.78 is 5.34. The molecule has 84 valence electrons. The predicted molar refractivity (Wildman–Crippen MR) is 60.9 cm³/mol. The number of rotatable bonds is 4. The number of methoxy groups -OCH3 is 1. The lowest BCUT2D eigenvalue weighted by Crippen LogP contribution is -2.09.